The molecule has 0 bridgehead atoms. The molecule has 6 heteroatoms. The van der Waals surface area contributed by atoms with Gasteiger partial charge in [0.15, 0.2) is 0 Å². The molecule has 0 saturated carbocycles. The number of aromatic nitrogens is 2. The van der Waals surface area contributed by atoms with Crippen molar-refractivity contribution < 1.29 is 4.79 Å². The van der Waals surface area contributed by atoms with Crippen molar-refractivity contribution in [3.05, 3.63) is 40.1 Å². The van der Waals surface area contributed by atoms with Crippen molar-refractivity contribution >= 4 is 17.2 Å². The maximum absolute atomic E-state index is 12.0. The Morgan fingerprint density at radius 3 is 3.21 bits per heavy atom. The third kappa shape index (κ3) is 2.85. The summed E-state index contributed by atoms with van der Waals surface area (Å²) in [5, 5.41) is 6.31. The summed E-state index contributed by atoms with van der Waals surface area (Å²) in [5.41, 5.74) is 0. The predicted molar refractivity (Wildman–Crippen MR) is 74.1 cm³/mol. The van der Waals surface area contributed by atoms with Crippen LogP contribution in [0.3, 0.4) is 0 Å². The largest absolute Gasteiger partial charge is 0.347 e. The summed E-state index contributed by atoms with van der Waals surface area (Å²) in [5.74, 6) is 0.730. The highest BCUT2D eigenvalue weighted by molar-refractivity contribution is 7.14. The van der Waals surface area contributed by atoms with Gasteiger partial charge in [-0.2, -0.15) is 0 Å². The molecule has 1 saturated heterocycles. The van der Waals surface area contributed by atoms with E-state index in [1.807, 2.05) is 6.07 Å². The molecule has 3 N–H and O–H groups in total. The average Bonchev–Trinajstić information content (AvgIpc) is 3.14. The van der Waals surface area contributed by atoms with Crippen LogP contribution >= 0.6 is 11.3 Å². The second kappa shape index (κ2) is 5.54. The molecule has 0 aromatic carbocycles. The van der Waals surface area contributed by atoms with Crippen molar-refractivity contribution in [3.63, 3.8) is 0 Å². The third-order valence-corrected chi connectivity index (χ3v) is 4.42. The van der Waals surface area contributed by atoms with E-state index in [1.165, 1.54) is 11.3 Å². The van der Waals surface area contributed by atoms with Gasteiger partial charge in [0, 0.05) is 23.3 Å². The number of aromatic amines is 1. The molecule has 0 radical (unpaired) electrons. The molecule has 19 heavy (non-hydrogen) atoms. The molecular formula is C13H16N4OS. The van der Waals surface area contributed by atoms with Gasteiger partial charge in [-0.1, -0.05) is 0 Å². The van der Waals surface area contributed by atoms with E-state index in [1.54, 1.807) is 23.7 Å². The van der Waals surface area contributed by atoms with Crippen LogP contribution in [0.15, 0.2) is 24.5 Å². The zero-order valence-electron chi connectivity index (χ0n) is 10.5. The van der Waals surface area contributed by atoms with Crippen LogP contribution in [0, 0.1) is 0 Å². The second-order valence-corrected chi connectivity index (χ2v) is 5.68. The summed E-state index contributed by atoms with van der Waals surface area (Å²) >= 11 is 1.57. The molecule has 3 heterocycles. The third-order valence-electron chi connectivity index (χ3n) is 3.23. The Kier molecular flexibility index (Phi) is 3.61. The number of hydrogen-bond acceptors (Lipinski definition) is 4. The van der Waals surface area contributed by atoms with Crippen molar-refractivity contribution in [2.75, 3.05) is 6.54 Å². The van der Waals surface area contributed by atoms with Gasteiger partial charge in [-0.15, -0.1) is 11.3 Å². The predicted octanol–water partition coefficient (Wildman–Crippen LogP) is 1.83. The Hall–Kier alpha value is -1.66. The van der Waals surface area contributed by atoms with Crippen LogP contribution in [-0.4, -0.2) is 22.4 Å². The van der Waals surface area contributed by atoms with E-state index < -0.39 is 0 Å². The number of thiophene rings is 1. The lowest BCUT2D eigenvalue weighted by molar-refractivity contribution is 0.0954. The molecule has 1 amide bonds. The fourth-order valence-corrected chi connectivity index (χ4v) is 3.27. The topological polar surface area (TPSA) is 69.8 Å². The fourth-order valence-electron chi connectivity index (χ4n) is 2.24. The molecule has 0 aliphatic carbocycles. The minimum atomic E-state index is -0.0364. The normalized spacial score (nSPS) is 18.6. The van der Waals surface area contributed by atoms with Crippen molar-refractivity contribution in [2.45, 2.75) is 25.4 Å². The summed E-state index contributed by atoms with van der Waals surface area (Å²) < 4.78 is 0. The first-order valence-electron chi connectivity index (χ1n) is 6.42. The van der Waals surface area contributed by atoms with Crippen LogP contribution < -0.4 is 10.6 Å². The Morgan fingerprint density at radius 2 is 2.47 bits per heavy atom. The van der Waals surface area contributed by atoms with Crippen LogP contribution in [-0.2, 0) is 6.54 Å². The molecule has 2 aromatic heterocycles. The maximum Gasteiger partial charge on any atom is 0.261 e. The molecule has 5 nitrogen and oxygen atoms in total. The molecule has 2 aromatic rings. The van der Waals surface area contributed by atoms with Crippen LogP contribution in [0.1, 0.15) is 39.3 Å². The standard InChI is InChI=1S/C13H16N4OS/c18-13(17-8-12-15-6-7-16-12)11-4-3-10(19-11)9-2-1-5-14-9/h3-4,6-7,9,14H,1-2,5,8H2,(H,15,16)(H,17,18). The highest BCUT2D eigenvalue weighted by atomic mass is 32.1. The van der Waals surface area contributed by atoms with Gasteiger partial charge in [-0.3, -0.25) is 4.79 Å². The van der Waals surface area contributed by atoms with E-state index >= 15 is 0 Å². The summed E-state index contributed by atoms with van der Waals surface area (Å²) in [6, 6.07) is 4.38. The Labute approximate surface area is 115 Å². The monoisotopic (exact) mass is 276 g/mol. The number of carbonyl (C=O) groups is 1. The molecule has 0 spiro atoms. The summed E-state index contributed by atoms with van der Waals surface area (Å²) in [6.45, 7) is 1.50. The van der Waals surface area contributed by atoms with Crippen molar-refractivity contribution in [2.24, 2.45) is 0 Å². The second-order valence-electron chi connectivity index (χ2n) is 4.57. The highest BCUT2D eigenvalue weighted by Crippen LogP contribution is 2.29. The zero-order valence-corrected chi connectivity index (χ0v) is 11.3. The molecule has 100 valence electrons. The Balaban J connectivity index is 1.60. The van der Waals surface area contributed by atoms with Crippen LogP contribution in [0.5, 0.6) is 0 Å². The van der Waals surface area contributed by atoms with Crippen LogP contribution in [0.2, 0.25) is 0 Å². The first kappa shape index (κ1) is 12.4. The van der Waals surface area contributed by atoms with Crippen LogP contribution in [0.4, 0.5) is 0 Å². The molecule has 1 aliphatic rings. The lowest BCUT2D eigenvalue weighted by Gasteiger charge is -2.06. The van der Waals surface area contributed by atoms with E-state index in [9.17, 15) is 4.79 Å². The number of imidazole rings is 1. The molecule has 1 fully saturated rings. The number of hydrogen-bond donors (Lipinski definition) is 3. The summed E-state index contributed by atoms with van der Waals surface area (Å²) in [6.07, 6.45) is 5.80. The van der Waals surface area contributed by atoms with Gasteiger partial charge in [0.05, 0.1) is 11.4 Å². The zero-order chi connectivity index (χ0) is 13.1. The van der Waals surface area contributed by atoms with Gasteiger partial charge in [0.2, 0.25) is 0 Å². The Morgan fingerprint density at radius 1 is 1.53 bits per heavy atom. The molecule has 1 unspecified atom stereocenters. The lowest BCUT2D eigenvalue weighted by Crippen LogP contribution is -2.22. The quantitative estimate of drug-likeness (QED) is 0.798. The Bertz CT molecular complexity index is 543. The van der Waals surface area contributed by atoms with E-state index in [0.717, 1.165) is 23.7 Å². The molecule has 3 rings (SSSR count). The van der Waals surface area contributed by atoms with E-state index in [-0.39, 0.29) is 5.91 Å². The van der Waals surface area contributed by atoms with E-state index in [0.29, 0.717) is 12.6 Å². The van der Waals surface area contributed by atoms with Crippen molar-refractivity contribution in [3.8, 4) is 0 Å². The SMILES string of the molecule is O=C(NCc1ncc[nH]1)c1ccc(C2CCCN2)s1. The number of nitrogens with one attached hydrogen (secondary N) is 3. The smallest absolute Gasteiger partial charge is 0.261 e. The van der Waals surface area contributed by atoms with Gasteiger partial charge < -0.3 is 15.6 Å². The minimum Gasteiger partial charge on any atom is -0.347 e. The number of carbonyl (C=O) groups excluding carboxylic acids is 1. The lowest BCUT2D eigenvalue weighted by atomic mass is 10.2. The summed E-state index contributed by atoms with van der Waals surface area (Å²) in [4.78, 5) is 21.1. The van der Waals surface area contributed by atoms with Gasteiger partial charge in [0.1, 0.15) is 5.82 Å². The van der Waals surface area contributed by atoms with E-state index in [4.69, 9.17) is 0 Å². The fraction of sp³-hybridized carbons (Fsp3) is 0.385. The molecular weight excluding hydrogens is 260 g/mol. The molecule has 1 atom stereocenters. The first-order valence-corrected chi connectivity index (χ1v) is 7.24. The minimum absolute atomic E-state index is 0.0364. The van der Waals surface area contributed by atoms with Gasteiger partial charge in [0.25, 0.3) is 5.91 Å². The number of nitrogens with zero attached hydrogens (tertiary/aromatic N) is 1. The summed E-state index contributed by atoms with van der Waals surface area (Å²) in [7, 11) is 0. The molecule has 1 aliphatic heterocycles. The maximum atomic E-state index is 12.0. The van der Waals surface area contributed by atoms with Crippen molar-refractivity contribution in [1.29, 1.82) is 0 Å². The van der Waals surface area contributed by atoms with Crippen LogP contribution in [0.25, 0.3) is 0 Å². The first-order chi connectivity index (χ1) is 9.33. The van der Waals surface area contributed by atoms with Crippen molar-refractivity contribution in [1.82, 2.24) is 20.6 Å². The van der Waals surface area contributed by atoms with Gasteiger partial charge >= 0.3 is 0 Å². The van der Waals surface area contributed by atoms with Gasteiger partial charge in [-0.25, -0.2) is 4.98 Å². The van der Waals surface area contributed by atoms with Gasteiger partial charge in [-0.05, 0) is 31.5 Å². The van der Waals surface area contributed by atoms with E-state index in [2.05, 4.69) is 26.7 Å². The number of H-pyrrole nitrogens is 1. The number of amides is 1. The number of rotatable bonds is 4. The highest BCUT2D eigenvalue weighted by Gasteiger charge is 2.19. The average molecular weight is 276 g/mol.